The lowest BCUT2D eigenvalue weighted by Gasteiger charge is -2.02. The molecule has 0 aliphatic carbocycles. The Morgan fingerprint density at radius 3 is 2.90 bits per heavy atom. The van der Waals surface area contributed by atoms with Crippen molar-refractivity contribution >= 4 is 32.7 Å². The molecule has 108 valence electrons. The van der Waals surface area contributed by atoms with E-state index in [1.54, 1.807) is 6.07 Å². The van der Waals surface area contributed by atoms with Crippen LogP contribution < -0.4 is 0 Å². The van der Waals surface area contributed by atoms with E-state index in [0.29, 0.717) is 17.8 Å². The molecular weight excluding hydrogens is 332 g/mol. The highest BCUT2D eigenvalue weighted by Gasteiger charge is 2.16. The number of carbonyl (C=O) groups excluding carboxylic acids is 1. The highest BCUT2D eigenvalue weighted by Crippen LogP contribution is 2.27. The Hall–Kier alpha value is -1.88. The molecule has 3 rings (SSSR count). The Morgan fingerprint density at radius 1 is 1.38 bits per heavy atom. The van der Waals surface area contributed by atoms with Gasteiger partial charge in [-0.15, -0.1) is 0 Å². The van der Waals surface area contributed by atoms with Gasteiger partial charge < -0.3 is 4.42 Å². The van der Waals surface area contributed by atoms with E-state index in [1.165, 1.54) is 0 Å². The molecular formula is C16H15BrN2O2. The zero-order valence-corrected chi connectivity index (χ0v) is 13.5. The largest absolute Gasteiger partial charge is 0.452 e. The predicted octanol–water partition coefficient (Wildman–Crippen LogP) is 4.15. The summed E-state index contributed by atoms with van der Waals surface area (Å²) in [5.74, 6) is 0.353. The van der Waals surface area contributed by atoms with Crippen molar-refractivity contribution in [3.05, 3.63) is 52.0 Å². The number of rotatable bonds is 4. The van der Waals surface area contributed by atoms with Gasteiger partial charge in [-0.05, 0) is 48.0 Å². The highest BCUT2D eigenvalue weighted by atomic mass is 79.9. The topological polar surface area (TPSA) is 48.0 Å². The third kappa shape index (κ3) is 2.65. The van der Waals surface area contributed by atoms with E-state index in [2.05, 4.69) is 21.0 Å². The number of furan rings is 1. The predicted molar refractivity (Wildman–Crippen MR) is 84.6 cm³/mol. The van der Waals surface area contributed by atoms with Crippen molar-refractivity contribution in [2.45, 2.75) is 26.8 Å². The molecule has 2 heterocycles. The number of nitrogens with zero attached hydrogens (tertiary/aromatic N) is 2. The van der Waals surface area contributed by atoms with Crippen LogP contribution in [0.1, 0.15) is 28.9 Å². The van der Waals surface area contributed by atoms with Gasteiger partial charge >= 0.3 is 0 Å². The fourth-order valence-corrected chi connectivity index (χ4v) is 2.89. The molecule has 0 aliphatic heterocycles. The van der Waals surface area contributed by atoms with E-state index in [0.717, 1.165) is 27.8 Å². The molecule has 0 aliphatic rings. The molecule has 5 heteroatoms. The number of aryl methyl sites for hydroxylation is 2. The Labute approximate surface area is 130 Å². The second-order valence-electron chi connectivity index (χ2n) is 4.96. The van der Waals surface area contributed by atoms with Crippen LogP contribution >= 0.6 is 15.9 Å². The molecule has 0 radical (unpaired) electrons. The first-order valence-corrected chi connectivity index (χ1v) is 7.62. The Bertz CT molecular complexity index is 817. The summed E-state index contributed by atoms with van der Waals surface area (Å²) in [6.07, 6.45) is 0.298. The normalized spacial score (nSPS) is 11.2. The van der Waals surface area contributed by atoms with Gasteiger partial charge in [0.1, 0.15) is 5.58 Å². The number of aromatic nitrogens is 2. The van der Waals surface area contributed by atoms with E-state index in [9.17, 15) is 4.79 Å². The van der Waals surface area contributed by atoms with E-state index in [4.69, 9.17) is 4.42 Å². The number of Topliss-reactive ketones (excluding diaryl/α,β-unsaturated/α-hetero) is 1. The Balaban J connectivity index is 1.91. The number of hydrogen-bond acceptors (Lipinski definition) is 3. The van der Waals surface area contributed by atoms with Crippen molar-refractivity contribution in [3.63, 3.8) is 0 Å². The molecule has 0 spiro atoms. The first-order chi connectivity index (χ1) is 10.1. The molecule has 0 N–H and O–H groups in total. The summed E-state index contributed by atoms with van der Waals surface area (Å²) in [4.78, 5) is 12.4. The summed E-state index contributed by atoms with van der Waals surface area (Å²) in [5, 5.41) is 5.28. The quantitative estimate of drug-likeness (QED) is 0.667. The molecule has 0 bridgehead atoms. The number of ketones is 1. The molecule has 0 unspecified atom stereocenters. The van der Waals surface area contributed by atoms with Gasteiger partial charge in [0, 0.05) is 17.6 Å². The highest BCUT2D eigenvalue weighted by molar-refractivity contribution is 9.10. The van der Waals surface area contributed by atoms with E-state index < -0.39 is 0 Å². The van der Waals surface area contributed by atoms with Gasteiger partial charge in [-0.1, -0.05) is 12.1 Å². The fourth-order valence-electron chi connectivity index (χ4n) is 2.43. The van der Waals surface area contributed by atoms with Crippen molar-refractivity contribution in [2.75, 3.05) is 0 Å². The lowest BCUT2D eigenvalue weighted by molar-refractivity contribution is 0.0966. The molecule has 0 atom stereocenters. The smallest absolute Gasteiger partial charge is 0.203 e. The van der Waals surface area contributed by atoms with Crippen LogP contribution in [0.15, 0.2) is 39.2 Å². The van der Waals surface area contributed by atoms with Crippen LogP contribution in [0.25, 0.3) is 11.0 Å². The summed E-state index contributed by atoms with van der Waals surface area (Å²) < 4.78 is 8.40. The zero-order chi connectivity index (χ0) is 15.0. The van der Waals surface area contributed by atoms with Crippen LogP contribution in [-0.2, 0) is 13.0 Å². The summed E-state index contributed by atoms with van der Waals surface area (Å²) in [5.41, 5.74) is 2.55. The average Bonchev–Trinajstić information content (AvgIpc) is 3.03. The van der Waals surface area contributed by atoms with Crippen molar-refractivity contribution in [1.82, 2.24) is 9.78 Å². The maximum Gasteiger partial charge on any atom is 0.203 e. The minimum Gasteiger partial charge on any atom is -0.452 e. The Morgan fingerprint density at radius 2 is 2.19 bits per heavy atom. The summed E-state index contributed by atoms with van der Waals surface area (Å²) in [7, 11) is 0. The van der Waals surface area contributed by atoms with Crippen molar-refractivity contribution in [2.24, 2.45) is 0 Å². The van der Waals surface area contributed by atoms with E-state index in [-0.39, 0.29) is 5.78 Å². The fraction of sp³-hybridized carbons (Fsp3) is 0.250. The van der Waals surface area contributed by atoms with Crippen molar-refractivity contribution in [3.8, 4) is 0 Å². The van der Waals surface area contributed by atoms with Gasteiger partial charge in [0.05, 0.1) is 16.6 Å². The Kier molecular flexibility index (Phi) is 3.68. The monoisotopic (exact) mass is 346 g/mol. The third-order valence-corrected chi connectivity index (χ3v) is 4.02. The molecule has 1 aromatic carbocycles. The average molecular weight is 347 g/mol. The first-order valence-electron chi connectivity index (χ1n) is 6.83. The molecule has 2 aromatic heterocycles. The van der Waals surface area contributed by atoms with E-state index >= 15 is 0 Å². The first kappa shape index (κ1) is 14.1. The molecule has 21 heavy (non-hydrogen) atoms. The minimum atomic E-state index is -0.0345. The van der Waals surface area contributed by atoms with E-state index in [1.807, 2.05) is 42.8 Å². The standard InChI is InChI=1S/C16H15BrN2O2/c1-3-19-12(7-10(2)18-19)9-14(20)15-8-11-5-4-6-13(17)16(11)21-15/h4-8H,3,9H2,1-2H3. The number of halogens is 1. The maximum absolute atomic E-state index is 12.4. The molecule has 0 fully saturated rings. The maximum atomic E-state index is 12.4. The van der Waals surface area contributed by atoms with Crippen LogP contribution in [0.5, 0.6) is 0 Å². The number of hydrogen-bond donors (Lipinski definition) is 0. The molecule has 0 saturated heterocycles. The van der Waals surface area contributed by atoms with Crippen LogP contribution in [0.4, 0.5) is 0 Å². The lowest BCUT2D eigenvalue weighted by atomic mass is 10.1. The zero-order valence-electron chi connectivity index (χ0n) is 11.9. The second kappa shape index (κ2) is 5.48. The summed E-state index contributed by atoms with van der Waals surface area (Å²) in [6, 6.07) is 9.49. The van der Waals surface area contributed by atoms with Gasteiger partial charge in [0.15, 0.2) is 5.76 Å². The van der Waals surface area contributed by atoms with Crippen LogP contribution in [0.3, 0.4) is 0 Å². The van der Waals surface area contributed by atoms with Crippen LogP contribution in [-0.4, -0.2) is 15.6 Å². The third-order valence-electron chi connectivity index (χ3n) is 3.40. The van der Waals surface area contributed by atoms with Crippen LogP contribution in [0.2, 0.25) is 0 Å². The van der Waals surface area contributed by atoms with Crippen LogP contribution in [0, 0.1) is 6.92 Å². The molecule has 4 nitrogen and oxygen atoms in total. The molecule has 0 amide bonds. The number of carbonyl (C=O) groups is 1. The lowest BCUT2D eigenvalue weighted by Crippen LogP contribution is -2.09. The number of para-hydroxylation sites is 1. The minimum absolute atomic E-state index is 0.0345. The SMILES string of the molecule is CCn1nc(C)cc1CC(=O)c1cc2cccc(Br)c2o1. The number of benzene rings is 1. The molecule has 0 saturated carbocycles. The van der Waals surface area contributed by atoms with Crippen molar-refractivity contribution in [1.29, 1.82) is 0 Å². The van der Waals surface area contributed by atoms with Gasteiger partial charge in [-0.3, -0.25) is 9.48 Å². The van der Waals surface area contributed by atoms with Gasteiger partial charge in [-0.25, -0.2) is 0 Å². The van der Waals surface area contributed by atoms with Gasteiger partial charge in [-0.2, -0.15) is 5.10 Å². The van der Waals surface area contributed by atoms with Gasteiger partial charge in [0.2, 0.25) is 5.78 Å². The second-order valence-corrected chi connectivity index (χ2v) is 5.82. The van der Waals surface area contributed by atoms with Gasteiger partial charge in [0.25, 0.3) is 0 Å². The summed E-state index contributed by atoms with van der Waals surface area (Å²) in [6.45, 7) is 4.69. The summed E-state index contributed by atoms with van der Waals surface area (Å²) >= 11 is 3.43. The van der Waals surface area contributed by atoms with Crippen molar-refractivity contribution < 1.29 is 9.21 Å². The number of fused-ring (bicyclic) bond motifs is 1. The molecule has 3 aromatic rings.